The molecule has 0 spiro atoms. The van der Waals surface area contributed by atoms with Crippen molar-refractivity contribution < 1.29 is 14.7 Å². The number of urea groups is 1. The minimum Gasteiger partial charge on any atom is -0.481 e. The average Bonchev–Trinajstić information content (AvgIpc) is 2.38. The third kappa shape index (κ3) is 6.79. The number of carbonyl (C=O) groups is 2. The Balaban J connectivity index is 2.37. The second kappa shape index (κ2) is 8.29. The van der Waals surface area contributed by atoms with E-state index >= 15 is 0 Å². The smallest absolute Gasteiger partial charge is 0.319 e. The number of benzene rings is 1. The van der Waals surface area contributed by atoms with E-state index in [9.17, 15) is 9.59 Å². The highest BCUT2D eigenvalue weighted by atomic mass is 16.4. The highest BCUT2D eigenvalue weighted by Gasteiger charge is 2.08. The minimum absolute atomic E-state index is 0.0562. The highest BCUT2D eigenvalue weighted by Crippen LogP contribution is 2.17. The van der Waals surface area contributed by atoms with Crippen LogP contribution in [0.4, 0.5) is 10.5 Å². The second-order valence-corrected chi connectivity index (χ2v) is 5.56. The molecule has 116 valence electrons. The Bertz CT molecular complexity index is 469. The van der Waals surface area contributed by atoms with Gasteiger partial charge in [0.15, 0.2) is 0 Å². The van der Waals surface area contributed by atoms with Crippen molar-refractivity contribution in [2.45, 2.75) is 52.0 Å². The Morgan fingerprint density at radius 1 is 1.14 bits per heavy atom. The van der Waals surface area contributed by atoms with Crippen LogP contribution in [0, 0.1) is 0 Å². The molecule has 0 saturated heterocycles. The molecule has 3 N–H and O–H groups in total. The van der Waals surface area contributed by atoms with Gasteiger partial charge >= 0.3 is 12.0 Å². The Labute approximate surface area is 125 Å². The lowest BCUT2D eigenvalue weighted by atomic mass is 10.0. The van der Waals surface area contributed by atoms with Gasteiger partial charge in [0.05, 0.1) is 0 Å². The number of aliphatic carboxylic acids is 1. The van der Waals surface area contributed by atoms with Crippen molar-refractivity contribution in [2.75, 3.05) is 5.32 Å². The highest BCUT2D eigenvalue weighted by molar-refractivity contribution is 5.89. The Morgan fingerprint density at radius 2 is 1.76 bits per heavy atom. The monoisotopic (exact) mass is 292 g/mol. The maximum Gasteiger partial charge on any atom is 0.319 e. The number of anilines is 1. The summed E-state index contributed by atoms with van der Waals surface area (Å²) in [7, 11) is 0. The first-order valence-corrected chi connectivity index (χ1v) is 7.27. The minimum atomic E-state index is -0.808. The van der Waals surface area contributed by atoms with E-state index in [0.29, 0.717) is 18.8 Å². The molecule has 1 aromatic carbocycles. The van der Waals surface area contributed by atoms with E-state index in [1.807, 2.05) is 31.2 Å². The van der Waals surface area contributed by atoms with Crippen molar-refractivity contribution in [3.05, 3.63) is 29.8 Å². The molecular weight excluding hydrogens is 268 g/mol. The van der Waals surface area contributed by atoms with Gasteiger partial charge in [0.1, 0.15) is 0 Å². The molecule has 1 unspecified atom stereocenters. The summed E-state index contributed by atoms with van der Waals surface area (Å²) < 4.78 is 0. The molecular formula is C16H24N2O3. The normalized spacial score (nSPS) is 12.0. The van der Waals surface area contributed by atoms with Gasteiger partial charge in [-0.25, -0.2) is 4.79 Å². The van der Waals surface area contributed by atoms with Gasteiger partial charge in [0.25, 0.3) is 0 Å². The number of carboxylic acid groups (broad SMARTS) is 1. The van der Waals surface area contributed by atoms with Crippen LogP contribution >= 0.6 is 0 Å². The van der Waals surface area contributed by atoms with Crippen LogP contribution in [0.15, 0.2) is 24.3 Å². The molecule has 0 aliphatic heterocycles. The summed E-state index contributed by atoms with van der Waals surface area (Å²) >= 11 is 0. The predicted molar refractivity (Wildman–Crippen MR) is 83.6 cm³/mol. The lowest BCUT2D eigenvalue weighted by Gasteiger charge is -2.14. The van der Waals surface area contributed by atoms with Gasteiger partial charge in [-0.05, 0) is 43.4 Å². The second-order valence-electron chi connectivity index (χ2n) is 5.56. The maximum atomic E-state index is 11.8. The van der Waals surface area contributed by atoms with E-state index in [1.54, 1.807) is 0 Å². The van der Waals surface area contributed by atoms with Crippen molar-refractivity contribution >= 4 is 17.7 Å². The molecule has 0 bridgehead atoms. The fraction of sp³-hybridized carbons (Fsp3) is 0.500. The Kier molecular flexibility index (Phi) is 6.72. The lowest BCUT2D eigenvalue weighted by Crippen LogP contribution is -2.36. The van der Waals surface area contributed by atoms with Crippen LogP contribution in [0.2, 0.25) is 0 Å². The van der Waals surface area contributed by atoms with Crippen LogP contribution < -0.4 is 10.6 Å². The van der Waals surface area contributed by atoms with Crippen LogP contribution in [0.5, 0.6) is 0 Å². The molecule has 1 atom stereocenters. The number of amides is 2. The zero-order chi connectivity index (χ0) is 15.8. The zero-order valence-electron chi connectivity index (χ0n) is 12.8. The number of rotatable bonds is 7. The molecule has 21 heavy (non-hydrogen) atoms. The van der Waals surface area contributed by atoms with E-state index in [1.165, 1.54) is 5.56 Å². The predicted octanol–water partition coefficient (Wildman–Crippen LogP) is 3.57. The van der Waals surface area contributed by atoms with Crippen LogP contribution in [-0.4, -0.2) is 23.1 Å². The molecule has 5 nitrogen and oxygen atoms in total. The van der Waals surface area contributed by atoms with Crippen LogP contribution in [0.3, 0.4) is 0 Å². The van der Waals surface area contributed by atoms with Crippen LogP contribution in [0.1, 0.15) is 51.5 Å². The number of nitrogens with one attached hydrogen (secondary N) is 2. The molecule has 2 amide bonds. The molecule has 0 radical (unpaired) electrons. The molecule has 0 aliphatic rings. The Morgan fingerprint density at radius 3 is 2.29 bits per heavy atom. The summed E-state index contributed by atoms with van der Waals surface area (Å²) in [6.45, 7) is 6.10. The van der Waals surface area contributed by atoms with Crippen LogP contribution in [-0.2, 0) is 4.79 Å². The maximum absolute atomic E-state index is 11.8. The molecule has 0 aromatic heterocycles. The van der Waals surface area contributed by atoms with Crippen molar-refractivity contribution in [1.82, 2.24) is 5.32 Å². The summed E-state index contributed by atoms with van der Waals surface area (Å²) in [6, 6.07) is 7.43. The molecule has 1 aromatic rings. The van der Waals surface area contributed by atoms with Gasteiger partial charge in [0, 0.05) is 18.2 Å². The molecule has 1 rings (SSSR count). The first-order chi connectivity index (χ1) is 9.88. The zero-order valence-corrected chi connectivity index (χ0v) is 12.8. The summed E-state index contributed by atoms with van der Waals surface area (Å²) in [6.07, 6.45) is 1.33. The van der Waals surface area contributed by atoms with E-state index < -0.39 is 5.97 Å². The Hall–Kier alpha value is -2.04. The van der Waals surface area contributed by atoms with Crippen molar-refractivity contribution in [3.63, 3.8) is 0 Å². The third-order valence-corrected chi connectivity index (χ3v) is 3.24. The standard InChI is InChI=1S/C16H24N2O3/c1-11(2)13-7-9-14(10-8-13)18-16(21)17-12(3)5-4-6-15(19)20/h7-12H,4-6H2,1-3H3,(H,19,20)(H2,17,18,21). The van der Waals surface area contributed by atoms with E-state index in [0.717, 1.165) is 5.69 Å². The average molecular weight is 292 g/mol. The molecule has 0 heterocycles. The molecule has 0 saturated carbocycles. The SMILES string of the molecule is CC(CCCC(=O)O)NC(=O)Nc1ccc(C(C)C)cc1. The fourth-order valence-electron chi connectivity index (χ4n) is 1.97. The summed E-state index contributed by atoms with van der Waals surface area (Å²) in [4.78, 5) is 22.2. The van der Waals surface area contributed by atoms with Gasteiger partial charge in [-0.3, -0.25) is 4.79 Å². The molecule has 0 aliphatic carbocycles. The quantitative estimate of drug-likeness (QED) is 0.718. The largest absolute Gasteiger partial charge is 0.481 e. The van der Waals surface area contributed by atoms with E-state index in [-0.39, 0.29) is 18.5 Å². The molecule has 5 heteroatoms. The first-order valence-electron chi connectivity index (χ1n) is 7.27. The van der Waals surface area contributed by atoms with Gasteiger partial charge in [-0.15, -0.1) is 0 Å². The van der Waals surface area contributed by atoms with Gasteiger partial charge in [-0.1, -0.05) is 26.0 Å². The number of carboxylic acids is 1. The van der Waals surface area contributed by atoms with Crippen molar-refractivity contribution in [3.8, 4) is 0 Å². The number of carbonyl (C=O) groups excluding carboxylic acids is 1. The number of hydrogen-bond donors (Lipinski definition) is 3. The summed E-state index contributed by atoms with van der Waals surface area (Å²) in [5.41, 5.74) is 1.97. The van der Waals surface area contributed by atoms with Crippen molar-refractivity contribution in [2.24, 2.45) is 0 Å². The molecule has 0 fully saturated rings. The lowest BCUT2D eigenvalue weighted by molar-refractivity contribution is -0.137. The van der Waals surface area contributed by atoms with Crippen LogP contribution in [0.25, 0.3) is 0 Å². The topological polar surface area (TPSA) is 78.4 Å². The number of hydrogen-bond acceptors (Lipinski definition) is 2. The van der Waals surface area contributed by atoms with Gasteiger partial charge < -0.3 is 15.7 Å². The van der Waals surface area contributed by atoms with E-state index in [2.05, 4.69) is 24.5 Å². The summed E-state index contributed by atoms with van der Waals surface area (Å²) in [5.74, 6) is -0.348. The first kappa shape index (κ1) is 17.0. The summed E-state index contributed by atoms with van der Waals surface area (Å²) in [5, 5.41) is 14.1. The third-order valence-electron chi connectivity index (χ3n) is 3.24. The van der Waals surface area contributed by atoms with E-state index in [4.69, 9.17) is 5.11 Å². The van der Waals surface area contributed by atoms with Gasteiger partial charge in [0.2, 0.25) is 0 Å². The fourth-order valence-corrected chi connectivity index (χ4v) is 1.97. The van der Waals surface area contributed by atoms with Crippen molar-refractivity contribution in [1.29, 1.82) is 0 Å². The van der Waals surface area contributed by atoms with Gasteiger partial charge in [-0.2, -0.15) is 0 Å².